The first-order valence-electron chi connectivity index (χ1n) is 8.80. The minimum absolute atomic E-state index is 0.0567. The normalized spacial score (nSPS) is 16.3. The van der Waals surface area contributed by atoms with E-state index in [-0.39, 0.29) is 17.9 Å². The fourth-order valence-corrected chi connectivity index (χ4v) is 3.06. The molecule has 0 bridgehead atoms. The van der Waals surface area contributed by atoms with Crippen LogP contribution in [0.2, 0.25) is 0 Å². The number of hydrogen-bond donors (Lipinski definition) is 1. The molecule has 26 heavy (non-hydrogen) atoms. The molecular weight excluding hydrogens is 330 g/mol. The molecule has 0 saturated carbocycles. The van der Waals surface area contributed by atoms with Crippen molar-refractivity contribution in [1.29, 1.82) is 0 Å². The molecule has 1 atom stereocenters. The Hall–Kier alpha value is -2.73. The third-order valence-corrected chi connectivity index (χ3v) is 4.24. The lowest BCUT2D eigenvalue weighted by atomic mass is 10.1. The van der Waals surface area contributed by atoms with E-state index in [1.165, 1.54) is 6.92 Å². The fraction of sp³-hybridized carbons (Fsp3) is 0.350. The number of carbonyl (C=O) groups is 2. The van der Waals surface area contributed by atoms with Crippen LogP contribution in [0.1, 0.15) is 35.8 Å². The van der Waals surface area contributed by atoms with Gasteiger partial charge in [-0.25, -0.2) is 0 Å². The van der Waals surface area contributed by atoms with Crippen LogP contribution < -0.4 is 5.32 Å². The number of aromatic nitrogens is 1. The molecule has 1 N–H and O–H groups in total. The summed E-state index contributed by atoms with van der Waals surface area (Å²) in [6.45, 7) is 3.14. The number of pyridine rings is 1. The van der Waals surface area contributed by atoms with Crippen LogP contribution in [0, 0.1) is 0 Å². The molecule has 1 fully saturated rings. The number of nitrogens with zero attached hydrogens (tertiary/aromatic N) is 2. The van der Waals surface area contributed by atoms with E-state index in [1.54, 1.807) is 35.4 Å². The number of anilines is 1. The number of benzene rings is 1. The molecule has 2 aromatic rings. The first kappa shape index (κ1) is 18.1. The Balaban J connectivity index is 1.80. The van der Waals surface area contributed by atoms with Crippen molar-refractivity contribution in [2.24, 2.45) is 0 Å². The lowest BCUT2D eigenvalue weighted by Crippen LogP contribution is -2.37. The fourth-order valence-electron chi connectivity index (χ4n) is 3.06. The second-order valence-electron chi connectivity index (χ2n) is 6.40. The maximum absolute atomic E-state index is 13.1. The zero-order chi connectivity index (χ0) is 18.4. The summed E-state index contributed by atoms with van der Waals surface area (Å²) in [4.78, 5) is 30.5. The van der Waals surface area contributed by atoms with Gasteiger partial charge in [-0.05, 0) is 43.2 Å². The van der Waals surface area contributed by atoms with Crippen molar-refractivity contribution in [3.8, 4) is 0 Å². The van der Waals surface area contributed by atoms with Crippen LogP contribution in [0.4, 0.5) is 5.69 Å². The van der Waals surface area contributed by atoms with Gasteiger partial charge >= 0.3 is 0 Å². The van der Waals surface area contributed by atoms with E-state index in [2.05, 4.69) is 10.3 Å². The van der Waals surface area contributed by atoms with Gasteiger partial charge in [-0.15, -0.1) is 0 Å². The zero-order valence-electron chi connectivity index (χ0n) is 14.9. The third kappa shape index (κ3) is 4.89. The molecular formula is C20H23N3O3. The second kappa shape index (κ2) is 8.58. The smallest absolute Gasteiger partial charge is 0.254 e. The van der Waals surface area contributed by atoms with Gasteiger partial charge in [0.1, 0.15) is 0 Å². The molecule has 1 aliphatic rings. The number of rotatable bonds is 6. The first-order valence-corrected chi connectivity index (χ1v) is 8.80. The van der Waals surface area contributed by atoms with Gasteiger partial charge in [0, 0.05) is 37.5 Å². The lowest BCUT2D eigenvalue weighted by Gasteiger charge is -2.25. The van der Waals surface area contributed by atoms with E-state index >= 15 is 0 Å². The molecule has 136 valence electrons. The standard InChI is InChI=1S/C20H23N3O3/c1-15(24)22-17-8-4-6-16(12-17)20(25)23(14-19-9-5-11-26-19)13-18-7-2-3-10-21-18/h2-4,6-8,10,12,19H,5,9,11,13-14H2,1H3,(H,22,24)/t19-/m0/s1. The Bertz CT molecular complexity index is 758. The zero-order valence-corrected chi connectivity index (χ0v) is 14.9. The van der Waals surface area contributed by atoms with E-state index in [4.69, 9.17) is 4.74 Å². The highest BCUT2D eigenvalue weighted by Gasteiger charge is 2.24. The summed E-state index contributed by atoms with van der Waals surface area (Å²) in [6.07, 6.45) is 3.76. The average Bonchev–Trinajstić information content (AvgIpc) is 3.14. The molecule has 2 heterocycles. The molecule has 1 aromatic carbocycles. The van der Waals surface area contributed by atoms with Gasteiger partial charge in [0.15, 0.2) is 0 Å². The maximum Gasteiger partial charge on any atom is 0.254 e. The molecule has 6 nitrogen and oxygen atoms in total. The number of ether oxygens (including phenoxy) is 1. The highest BCUT2D eigenvalue weighted by Crippen LogP contribution is 2.18. The van der Waals surface area contributed by atoms with Gasteiger partial charge in [0.25, 0.3) is 5.91 Å². The Morgan fingerprint density at radius 1 is 1.27 bits per heavy atom. The molecule has 0 unspecified atom stereocenters. The summed E-state index contributed by atoms with van der Waals surface area (Å²) < 4.78 is 5.71. The molecule has 0 aliphatic carbocycles. The number of hydrogen-bond acceptors (Lipinski definition) is 4. The summed E-state index contributed by atoms with van der Waals surface area (Å²) in [6, 6.07) is 12.7. The van der Waals surface area contributed by atoms with Gasteiger partial charge in [0.2, 0.25) is 5.91 Å². The van der Waals surface area contributed by atoms with E-state index in [0.717, 1.165) is 25.1 Å². The van der Waals surface area contributed by atoms with E-state index in [1.807, 2.05) is 18.2 Å². The molecule has 2 amide bonds. The monoisotopic (exact) mass is 353 g/mol. The average molecular weight is 353 g/mol. The lowest BCUT2D eigenvalue weighted by molar-refractivity contribution is -0.114. The number of carbonyl (C=O) groups excluding carboxylic acids is 2. The summed E-state index contributed by atoms with van der Waals surface area (Å²) in [5.41, 5.74) is 1.97. The largest absolute Gasteiger partial charge is 0.376 e. The van der Waals surface area contributed by atoms with Crippen LogP contribution in [-0.4, -0.2) is 41.0 Å². The topological polar surface area (TPSA) is 71.5 Å². The number of nitrogens with one attached hydrogen (secondary N) is 1. The molecule has 1 aliphatic heterocycles. The van der Waals surface area contributed by atoms with Gasteiger partial charge in [-0.1, -0.05) is 12.1 Å². The van der Waals surface area contributed by atoms with Crippen LogP contribution in [0.3, 0.4) is 0 Å². The van der Waals surface area contributed by atoms with Crippen LogP contribution >= 0.6 is 0 Å². The van der Waals surface area contributed by atoms with Crippen molar-refractivity contribution < 1.29 is 14.3 Å². The van der Waals surface area contributed by atoms with E-state index in [0.29, 0.717) is 24.3 Å². The van der Waals surface area contributed by atoms with E-state index in [9.17, 15) is 9.59 Å². The Kier molecular flexibility index (Phi) is 5.96. The predicted octanol–water partition coefficient (Wildman–Crippen LogP) is 2.86. The summed E-state index contributed by atoms with van der Waals surface area (Å²) in [5, 5.41) is 2.72. The Morgan fingerprint density at radius 2 is 2.15 bits per heavy atom. The second-order valence-corrected chi connectivity index (χ2v) is 6.40. The molecule has 1 saturated heterocycles. The highest BCUT2D eigenvalue weighted by atomic mass is 16.5. The van der Waals surface area contributed by atoms with Crippen LogP contribution in [-0.2, 0) is 16.1 Å². The molecule has 0 spiro atoms. The minimum Gasteiger partial charge on any atom is -0.376 e. The van der Waals surface area contributed by atoms with E-state index < -0.39 is 0 Å². The predicted molar refractivity (Wildman–Crippen MR) is 98.7 cm³/mol. The molecule has 3 rings (SSSR count). The highest BCUT2D eigenvalue weighted by molar-refractivity contribution is 5.96. The van der Waals surface area contributed by atoms with Crippen molar-refractivity contribution >= 4 is 17.5 Å². The molecule has 6 heteroatoms. The van der Waals surface area contributed by atoms with Gasteiger partial charge in [-0.3, -0.25) is 14.6 Å². The van der Waals surface area contributed by atoms with Gasteiger partial charge < -0.3 is 15.0 Å². The van der Waals surface area contributed by atoms with Crippen molar-refractivity contribution in [2.75, 3.05) is 18.5 Å². The van der Waals surface area contributed by atoms with Crippen LogP contribution in [0.25, 0.3) is 0 Å². The Labute approximate surface area is 153 Å². The summed E-state index contributed by atoms with van der Waals surface area (Å²) >= 11 is 0. The van der Waals surface area contributed by atoms with Gasteiger partial charge in [0.05, 0.1) is 18.3 Å². The van der Waals surface area contributed by atoms with Crippen molar-refractivity contribution in [3.05, 3.63) is 59.9 Å². The van der Waals surface area contributed by atoms with Crippen molar-refractivity contribution in [3.63, 3.8) is 0 Å². The van der Waals surface area contributed by atoms with Crippen molar-refractivity contribution in [1.82, 2.24) is 9.88 Å². The summed E-state index contributed by atoms with van der Waals surface area (Å²) in [5.74, 6) is -0.266. The Morgan fingerprint density at radius 3 is 2.85 bits per heavy atom. The maximum atomic E-state index is 13.1. The molecule has 0 radical (unpaired) electrons. The quantitative estimate of drug-likeness (QED) is 0.867. The first-order chi connectivity index (χ1) is 12.6. The minimum atomic E-state index is -0.167. The third-order valence-electron chi connectivity index (χ3n) is 4.24. The SMILES string of the molecule is CC(=O)Nc1cccc(C(=O)N(Cc2ccccn2)C[C@@H]2CCCO2)c1. The van der Waals surface area contributed by atoms with Crippen LogP contribution in [0.15, 0.2) is 48.7 Å². The van der Waals surface area contributed by atoms with Crippen LogP contribution in [0.5, 0.6) is 0 Å². The summed E-state index contributed by atoms with van der Waals surface area (Å²) in [7, 11) is 0. The number of amides is 2. The van der Waals surface area contributed by atoms with Crippen molar-refractivity contribution in [2.45, 2.75) is 32.4 Å². The molecule has 1 aromatic heterocycles. The van der Waals surface area contributed by atoms with Gasteiger partial charge in [-0.2, -0.15) is 0 Å².